The number of benzene rings is 1. The molecule has 23 heavy (non-hydrogen) atoms. The molecule has 2 N–H and O–H groups in total. The molecule has 122 valence electrons. The lowest BCUT2D eigenvalue weighted by molar-refractivity contribution is 0.0755. The standard InChI is InChI=1S/C18H24N4O/c1-18(2,3)17(23)22-16-5-4-13(8-12(16)10-20-22)21-15-7-11-6-14(15)19-9-11/h4-5,8,10-11,14-15,19,21H,6-7,9H2,1-3H3/t11-,14-,15+/m1/s1. The molecule has 1 aliphatic carbocycles. The van der Waals surface area contributed by atoms with E-state index in [-0.39, 0.29) is 5.91 Å². The van der Waals surface area contributed by atoms with Crippen molar-refractivity contribution in [3.8, 4) is 0 Å². The van der Waals surface area contributed by atoms with E-state index in [1.807, 2.05) is 26.8 Å². The van der Waals surface area contributed by atoms with Gasteiger partial charge in [0.05, 0.1) is 11.7 Å². The first-order valence-corrected chi connectivity index (χ1v) is 8.44. The predicted molar refractivity (Wildman–Crippen MR) is 91.7 cm³/mol. The smallest absolute Gasteiger partial charge is 0.252 e. The Labute approximate surface area is 136 Å². The fourth-order valence-electron chi connectivity index (χ4n) is 3.83. The lowest BCUT2D eigenvalue weighted by atomic mass is 9.96. The molecule has 2 aliphatic rings. The van der Waals surface area contributed by atoms with Gasteiger partial charge in [-0.05, 0) is 43.5 Å². The number of hydrogen-bond acceptors (Lipinski definition) is 4. The summed E-state index contributed by atoms with van der Waals surface area (Å²) in [7, 11) is 0. The van der Waals surface area contributed by atoms with Crippen molar-refractivity contribution >= 4 is 22.5 Å². The molecule has 3 atom stereocenters. The minimum atomic E-state index is -0.440. The molecular formula is C18H24N4O. The molecule has 4 rings (SSSR count). The van der Waals surface area contributed by atoms with Gasteiger partial charge in [0.2, 0.25) is 0 Å². The number of hydrogen-bond donors (Lipinski definition) is 2. The lowest BCUT2D eigenvalue weighted by Crippen LogP contribution is -2.41. The summed E-state index contributed by atoms with van der Waals surface area (Å²) in [5.41, 5.74) is 1.55. The van der Waals surface area contributed by atoms with E-state index in [0.29, 0.717) is 12.1 Å². The van der Waals surface area contributed by atoms with E-state index in [1.165, 1.54) is 24.1 Å². The highest BCUT2D eigenvalue weighted by Gasteiger charge is 2.39. The van der Waals surface area contributed by atoms with Crippen molar-refractivity contribution in [2.45, 2.75) is 45.7 Å². The number of fused-ring (bicyclic) bond motifs is 3. The number of nitrogens with one attached hydrogen (secondary N) is 2. The first kappa shape index (κ1) is 14.7. The van der Waals surface area contributed by atoms with Crippen LogP contribution in [0.1, 0.15) is 38.4 Å². The second-order valence-electron chi connectivity index (χ2n) is 7.99. The second kappa shape index (κ2) is 5.06. The summed E-state index contributed by atoms with van der Waals surface area (Å²) in [4.78, 5) is 12.5. The summed E-state index contributed by atoms with van der Waals surface area (Å²) in [6.45, 7) is 6.92. The first-order chi connectivity index (χ1) is 10.9. The van der Waals surface area contributed by atoms with E-state index < -0.39 is 5.41 Å². The minimum absolute atomic E-state index is 0.0190. The quantitative estimate of drug-likeness (QED) is 0.895. The average molecular weight is 312 g/mol. The molecule has 1 saturated heterocycles. The number of carbonyl (C=O) groups is 1. The van der Waals surface area contributed by atoms with Gasteiger partial charge in [0, 0.05) is 28.6 Å². The summed E-state index contributed by atoms with van der Waals surface area (Å²) in [6.07, 6.45) is 4.32. The Morgan fingerprint density at radius 2 is 2.17 bits per heavy atom. The van der Waals surface area contributed by atoms with Crippen LogP contribution < -0.4 is 10.6 Å². The van der Waals surface area contributed by atoms with Crippen LogP contribution in [0.4, 0.5) is 5.69 Å². The molecule has 5 heteroatoms. The summed E-state index contributed by atoms with van der Waals surface area (Å²) in [5.74, 6) is 0.846. The molecule has 2 fully saturated rings. The van der Waals surface area contributed by atoms with Gasteiger partial charge in [-0.3, -0.25) is 4.79 Å². The first-order valence-electron chi connectivity index (χ1n) is 8.44. The van der Waals surface area contributed by atoms with Crippen molar-refractivity contribution in [2.75, 3.05) is 11.9 Å². The van der Waals surface area contributed by atoms with Gasteiger partial charge in [-0.2, -0.15) is 9.78 Å². The molecule has 2 heterocycles. The van der Waals surface area contributed by atoms with Gasteiger partial charge in [0.1, 0.15) is 0 Å². The van der Waals surface area contributed by atoms with Crippen LogP contribution in [-0.2, 0) is 0 Å². The van der Waals surface area contributed by atoms with E-state index in [1.54, 1.807) is 6.20 Å². The summed E-state index contributed by atoms with van der Waals surface area (Å²) < 4.78 is 1.53. The van der Waals surface area contributed by atoms with Crippen LogP contribution in [0.5, 0.6) is 0 Å². The average Bonchev–Trinajstić information content (AvgIpc) is 3.19. The molecule has 1 aromatic heterocycles. The lowest BCUT2D eigenvalue weighted by Gasteiger charge is -2.25. The van der Waals surface area contributed by atoms with Crippen LogP contribution in [0.3, 0.4) is 0 Å². The van der Waals surface area contributed by atoms with E-state index in [9.17, 15) is 4.79 Å². The Balaban J connectivity index is 1.59. The molecule has 5 nitrogen and oxygen atoms in total. The minimum Gasteiger partial charge on any atom is -0.381 e. The Kier molecular flexibility index (Phi) is 3.23. The Hall–Kier alpha value is -1.88. The predicted octanol–water partition coefficient (Wildman–Crippen LogP) is 2.88. The normalized spacial score (nSPS) is 26.8. The number of nitrogens with zero attached hydrogens (tertiary/aromatic N) is 2. The van der Waals surface area contributed by atoms with Gasteiger partial charge < -0.3 is 10.6 Å². The molecule has 2 aromatic rings. The third-order valence-electron chi connectivity index (χ3n) is 5.08. The SMILES string of the molecule is CC(C)(C)C(=O)n1ncc2cc(N[C@H]3C[C@@H]4CN[C@@H]3C4)ccc21. The Morgan fingerprint density at radius 1 is 1.35 bits per heavy atom. The molecule has 1 saturated carbocycles. The van der Waals surface area contributed by atoms with E-state index in [2.05, 4.69) is 27.9 Å². The molecule has 0 amide bonds. The third kappa shape index (κ3) is 2.53. The van der Waals surface area contributed by atoms with Crippen LogP contribution in [0.25, 0.3) is 10.9 Å². The van der Waals surface area contributed by atoms with Crippen LogP contribution >= 0.6 is 0 Å². The van der Waals surface area contributed by atoms with Crippen LogP contribution in [0.2, 0.25) is 0 Å². The topological polar surface area (TPSA) is 59.0 Å². The van der Waals surface area contributed by atoms with Gasteiger partial charge in [0.15, 0.2) is 0 Å². The largest absolute Gasteiger partial charge is 0.381 e. The maximum absolute atomic E-state index is 12.5. The van der Waals surface area contributed by atoms with Crippen molar-refractivity contribution in [3.05, 3.63) is 24.4 Å². The molecule has 0 unspecified atom stereocenters. The third-order valence-corrected chi connectivity index (χ3v) is 5.08. The van der Waals surface area contributed by atoms with Crippen molar-refractivity contribution < 1.29 is 4.79 Å². The maximum atomic E-state index is 12.5. The molecule has 1 aromatic carbocycles. The summed E-state index contributed by atoms with van der Waals surface area (Å²) >= 11 is 0. The van der Waals surface area contributed by atoms with E-state index in [4.69, 9.17) is 0 Å². The highest BCUT2D eigenvalue weighted by atomic mass is 16.2. The van der Waals surface area contributed by atoms with Gasteiger partial charge >= 0.3 is 0 Å². The Bertz CT molecular complexity index is 758. The van der Waals surface area contributed by atoms with Gasteiger partial charge in [-0.15, -0.1) is 0 Å². The molecule has 1 aliphatic heterocycles. The zero-order chi connectivity index (χ0) is 16.2. The van der Waals surface area contributed by atoms with Crippen LogP contribution in [0, 0.1) is 11.3 Å². The molecule has 2 bridgehead atoms. The van der Waals surface area contributed by atoms with Crippen molar-refractivity contribution in [1.29, 1.82) is 0 Å². The van der Waals surface area contributed by atoms with Gasteiger partial charge in [-0.1, -0.05) is 20.8 Å². The molecule has 0 spiro atoms. The number of piperidine rings is 1. The molecular weight excluding hydrogens is 288 g/mol. The van der Waals surface area contributed by atoms with Crippen molar-refractivity contribution in [3.63, 3.8) is 0 Å². The second-order valence-corrected chi connectivity index (χ2v) is 7.99. The highest BCUT2D eigenvalue weighted by molar-refractivity contribution is 5.94. The Morgan fingerprint density at radius 3 is 2.83 bits per heavy atom. The number of carbonyl (C=O) groups excluding carboxylic acids is 1. The van der Waals surface area contributed by atoms with Gasteiger partial charge in [0.25, 0.3) is 5.91 Å². The van der Waals surface area contributed by atoms with E-state index in [0.717, 1.165) is 22.5 Å². The summed E-state index contributed by atoms with van der Waals surface area (Å²) in [6, 6.07) is 7.26. The fourth-order valence-corrected chi connectivity index (χ4v) is 3.83. The fraction of sp³-hybridized carbons (Fsp3) is 0.556. The van der Waals surface area contributed by atoms with Crippen molar-refractivity contribution in [2.24, 2.45) is 11.3 Å². The summed E-state index contributed by atoms with van der Waals surface area (Å²) in [5, 5.41) is 12.5. The maximum Gasteiger partial charge on any atom is 0.252 e. The van der Waals surface area contributed by atoms with Crippen molar-refractivity contribution in [1.82, 2.24) is 15.1 Å². The van der Waals surface area contributed by atoms with Gasteiger partial charge in [-0.25, -0.2) is 0 Å². The zero-order valence-corrected chi connectivity index (χ0v) is 14.0. The van der Waals surface area contributed by atoms with Crippen LogP contribution in [-0.4, -0.2) is 34.3 Å². The highest BCUT2D eigenvalue weighted by Crippen LogP contribution is 2.33. The van der Waals surface area contributed by atoms with Crippen LogP contribution in [0.15, 0.2) is 24.4 Å². The van der Waals surface area contributed by atoms with E-state index >= 15 is 0 Å². The number of aromatic nitrogens is 2. The molecule has 0 radical (unpaired) electrons. The number of anilines is 1. The zero-order valence-electron chi connectivity index (χ0n) is 14.0. The monoisotopic (exact) mass is 312 g/mol. The number of rotatable bonds is 2.